The maximum absolute atomic E-state index is 12.0. The van der Waals surface area contributed by atoms with Gasteiger partial charge in [-0.3, -0.25) is 4.57 Å². The number of hydrogen-bond donors (Lipinski definition) is 0. The fourth-order valence-electron chi connectivity index (χ4n) is 1.05. The van der Waals surface area contributed by atoms with Crippen LogP contribution >= 0.6 is 7.60 Å². The molecule has 16 heavy (non-hydrogen) atoms. The number of carbonyl (C=O) groups is 1. The second-order valence-corrected chi connectivity index (χ2v) is 4.98. The molecule has 0 heterocycles. The number of ether oxygens (including phenoxy) is 1. The molecule has 0 amide bonds. The Morgan fingerprint density at radius 3 is 2.00 bits per heavy atom. The van der Waals surface area contributed by atoms with E-state index in [0.29, 0.717) is 0 Å². The number of rotatable bonds is 8. The second kappa shape index (κ2) is 7.60. The summed E-state index contributed by atoms with van der Waals surface area (Å²) in [6, 6.07) is 0. The first-order chi connectivity index (χ1) is 7.49. The van der Waals surface area contributed by atoms with Crippen molar-refractivity contribution in [2.45, 2.75) is 20.8 Å². The zero-order valence-electron chi connectivity index (χ0n) is 10.0. The lowest BCUT2D eigenvalue weighted by Crippen LogP contribution is -2.12. The number of hydrogen-bond acceptors (Lipinski definition) is 5. The van der Waals surface area contributed by atoms with E-state index in [-0.39, 0.29) is 31.6 Å². The lowest BCUT2D eigenvalue weighted by molar-refractivity contribution is -0.138. The van der Waals surface area contributed by atoms with E-state index in [1.807, 2.05) is 0 Å². The van der Waals surface area contributed by atoms with Crippen LogP contribution in [0.15, 0.2) is 12.2 Å². The molecule has 0 radical (unpaired) electrons. The van der Waals surface area contributed by atoms with Crippen LogP contribution in [0.5, 0.6) is 0 Å². The molecule has 0 bridgehead atoms. The average molecular weight is 250 g/mol. The molecule has 0 aromatic carbocycles. The lowest BCUT2D eigenvalue weighted by atomic mass is 10.4. The quantitative estimate of drug-likeness (QED) is 0.376. The minimum absolute atomic E-state index is 0.104. The molecule has 0 spiro atoms. The third kappa shape index (κ3) is 5.45. The first kappa shape index (κ1) is 15.4. The molecule has 0 atom stereocenters. The first-order valence-electron chi connectivity index (χ1n) is 5.22. The molecule has 0 fully saturated rings. The molecule has 6 heteroatoms. The highest BCUT2D eigenvalue weighted by molar-refractivity contribution is 7.54. The van der Waals surface area contributed by atoms with E-state index in [0.717, 1.165) is 0 Å². The van der Waals surface area contributed by atoms with Crippen LogP contribution in [0.4, 0.5) is 0 Å². The summed E-state index contributed by atoms with van der Waals surface area (Å²) < 4.78 is 26.8. The second-order valence-electron chi connectivity index (χ2n) is 2.93. The van der Waals surface area contributed by atoms with Gasteiger partial charge < -0.3 is 13.8 Å². The van der Waals surface area contributed by atoms with Crippen molar-refractivity contribution in [1.29, 1.82) is 0 Å². The van der Waals surface area contributed by atoms with Gasteiger partial charge >= 0.3 is 13.6 Å². The summed E-state index contributed by atoms with van der Waals surface area (Å²) in [6.45, 7) is 9.39. The molecule has 0 aromatic heterocycles. The molecule has 0 N–H and O–H groups in total. The fraction of sp³-hybridized carbons (Fsp3) is 0.700. The SMILES string of the molecule is C=C(CP(=O)(OCC)OCC)C(=O)OCC. The summed E-state index contributed by atoms with van der Waals surface area (Å²) >= 11 is 0. The molecule has 0 rings (SSSR count). The molecule has 94 valence electrons. The van der Waals surface area contributed by atoms with Crippen molar-refractivity contribution in [2.24, 2.45) is 0 Å². The highest BCUT2D eigenvalue weighted by Crippen LogP contribution is 2.49. The van der Waals surface area contributed by atoms with Gasteiger partial charge in [0.1, 0.15) is 0 Å². The maximum Gasteiger partial charge on any atom is 0.335 e. The summed E-state index contributed by atoms with van der Waals surface area (Å²) in [4.78, 5) is 11.3. The van der Waals surface area contributed by atoms with E-state index in [9.17, 15) is 9.36 Å². The first-order valence-corrected chi connectivity index (χ1v) is 6.94. The van der Waals surface area contributed by atoms with Gasteiger partial charge in [-0.1, -0.05) is 6.58 Å². The molecule has 0 aliphatic carbocycles. The molecular weight excluding hydrogens is 231 g/mol. The molecule has 0 saturated carbocycles. The van der Waals surface area contributed by atoms with Crippen LogP contribution in [-0.4, -0.2) is 32.0 Å². The Hall–Kier alpha value is -0.640. The van der Waals surface area contributed by atoms with Crippen molar-refractivity contribution < 1.29 is 23.1 Å². The Morgan fingerprint density at radius 1 is 1.12 bits per heavy atom. The van der Waals surface area contributed by atoms with Crippen LogP contribution in [0.1, 0.15) is 20.8 Å². The van der Waals surface area contributed by atoms with Crippen molar-refractivity contribution in [3.05, 3.63) is 12.2 Å². The molecule has 0 aliphatic rings. The summed E-state index contributed by atoms with van der Waals surface area (Å²) in [5.41, 5.74) is 0.104. The van der Waals surface area contributed by atoms with E-state index in [1.54, 1.807) is 20.8 Å². The van der Waals surface area contributed by atoms with Gasteiger partial charge in [-0.2, -0.15) is 0 Å². The molecular formula is C10H19O5P. The van der Waals surface area contributed by atoms with Crippen molar-refractivity contribution in [2.75, 3.05) is 26.0 Å². The lowest BCUT2D eigenvalue weighted by Gasteiger charge is -2.17. The van der Waals surface area contributed by atoms with E-state index >= 15 is 0 Å². The summed E-state index contributed by atoms with van der Waals surface area (Å²) in [7, 11) is -3.25. The van der Waals surface area contributed by atoms with Crippen molar-refractivity contribution in [1.82, 2.24) is 0 Å². The van der Waals surface area contributed by atoms with Gasteiger partial charge in [-0.25, -0.2) is 4.79 Å². The Labute approximate surface area is 96.3 Å². The Bertz CT molecular complexity index is 277. The van der Waals surface area contributed by atoms with Crippen LogP contribution in [0.3, 0.4) is 0 Å². The van der Waals surface area contributed by atoms with Crippen molar-refractivity contribution in [3.8, 4) is 0 Å². The molecule has 0 aromatic rings. The fourth-order valence-corrected chi connectivity index (χ4v) is 2.69. The Morgan fingerprint density at radius 2 is 1.62 bits per heavy atom. The number of esters is 1. The van der Waals surface area contributed by atoms with Crippen molar-refractivity contribution in [3.63, 3.8) is 0 Å². The van der Waals surface area contributed by atoms with Gasteiger partial charge in [0, 0.05) is 5.57 Å². The summed E-state index contributed by atoms with van der Waals surface area (Å²) in [5.74, 6) is -0.567. The average Bonchev–Trinajstić information content (AvgIpc) is 2.18. The van der Waals surface area contributed by atoms with Crippen LogP contribution in [0.2, 0.25) is 0 Å². The predicted octanol–water partition coefficient (Wildman–Crippen LogP) is 2.37. The Kier molecular flexibility index (Phi) is 7.30. The van der Waals surface area contributed by atoms with Crippen LogP contribution in [0.25, 0.3) is 0 Å². The minimum Gasteiger partial charge on any atom is -0.463 e. The van der Waals surface area contributed by atoms with Crippen molar-refractivity contribution >= 4 is 13.6 Å². The van der Waals surface area contributed by atoms with E-state index in [4.69, 9.17) is 13.8 Å². The van der Waals surface area contributed by atoms with Gasteiger partial charge in [-0.15, -0.1) is 0 Å². The zero-order chi connectivity index (χ0) is 12.6. The van der Waals surface area contributed by atoms with Gasteiger partial charge in [-0.05, 0) is 20.8 Å². The zero-order valence-corrected chi connectivity index (χ0v) is 10.9. The molecule has 5 nitrogen and oxygen atoms in total. The standard InChI is InChI=1S/C10H19O5P/c1-5-13-10(11)9(4)8-16(12,14-6-2)15-7-3/h4-8H2,1-3H3. The van der Waals surface area contributed by atoms with Crippen LogP contribution in [-0.2, 0) is 23.1 Å². The predicted molar refractivity (Wildman–Crippen MR) is 61.5 cm³/mol. The minimum atomic E-state index is -3.25. The van der Waals surface area contributed by atoms with Gasteiger partial charge in [0.2, 0.25) is 0 Å². The van der Waals surface area contributed by atoms with E-state index < -0.39 is 13.6 Å². The van der Waals surface area contributed by atoms with Gasteiger partial charge in [0.15, 0.2) is 0 Å². The van der Waals surface area contributed by atoms with E-state index in [2.05, 4.69) is 6.58 Å². The highest BCUT2D eigenvalue weighted by Gasteiger charge is 2.27. The number of carbonyl (C=O) groups excluding carboxylic acids is 1. The van der Waals surface area contributed by atoms with Gasteiger partial charge in [0.25, 0.3) is 0 Å². The molecule has 0 saturated heterocycles. The van der Waals surface area contributed by atoms with E-state index in [1.165, 1.54) is 0 Å². The third-order valence-corrected chi connectivity index (χ3v) is 3.67. The Balaban J connectivity index is 4.45. The molecule has 0 aliphatic heterocycles. The summed E-state index contributed by atoms with van der Waals surface area (Å²) in [6.07, 6.45) is -0.131. The highest BCUT2D eigenvalue weighted by atomic mass is 31.2. The van der Waals surface area contributed by atoms with Crippen LogP contribution < -0.4 is 0 Å². The van der Waals surface area contributed by atoms with Gasteiger partial charge in [0.05, 0.1) is 26.0 Å². The topological polar surface area (TPSA) is 61.8 Å². The monoisotopic (exact) mass is 250 g/mol. The largest absolute Gasteiger partial charge is 0.463 e. The third-order valence-electron chi connectivity index (χ3n) is 1.60. The summed E-state index contributed by atoms with van der Waals surface area (Å²) in [5, 5.41) is 0. The van der Waals surface area contributed by atoms with Crippen LogP contribution in [0, 0.1) is 0 Å². The molecule has 0 unspecified atom stereocenters. The maximum atomic E-state index is 12.0. The smallest absolute Gasteiger partial charge is 0.335 e. The normalized spacial score (nSPS) is 11.2.